The number of nitrogens with zero attached hydrogens (tertiary/aromatic N) is 4. The minimum atomic E-state index is -0.707. The quantitative estimate of drug-likeness (QED) is 0.450. The van der Waals surface area contributed by atoms with Gasteiger partial charge in [-0.15, -0.1) is 10.2 Å². The molecule has 2 aromatic carbocycles. The van der Waals surface area contributed by atoms with Crippen molar-refractivity contribution >= 4 is 23.4 Å². The molecule has 7 nitrogen and oxygen atoms in total. The second kappa shape index (κ2) is 9.79. The Morgan fingerprint density at radius 1 is 1.18 bits per heavy atom. The lowest BCUT2D eigenvalue weighted by Crippen LogP contribution is -2.36. The third-order valence-corrected chi connectivity index (χ3v) is 6.30. The van der Waals surface area contributed by atoms with E-state index < -0.39 is 6.23 Å². The highest BCUT2D eigenvalue weighted by molar-refractivity contribution is 7.99. The van der Waals surface area contributed by atoms with Crippen LogP contribution in [0.2, 0.25) is 0 Å². The Bertz CT molecular complexity index is 1150. The van der Waals surface area contributed by atoms with Gasteiger partial charge in [0, 0.05) is 23.8 Å². The molecule has 33 heavy (non-hydrogen) atoms. The van der Waals surface area contributed by atoms with E-state index in [1.165, 1.54) is 6.92 Å². The summed E-state index contributed by atoms with van der Waals surface area (Å²) in [6, 6.07) is 13.4. The zero-order valence-electron chi connectivity index (χ0n) is 19.5. The Balaban J connectivity index is 1.83. The van der Waals surface area contributed by atoms with Crippen LogP contribution < -0.4 is 14.4 Å². The van der Waals surface area contributed by atoms with Crippen LogP contribution >= 0.6 is 11.8 Å². The molecule has 172 valence electrons. The van der Waals surface area contributed by atoms with E-state index in [4.69, 9.17) is 14.5 Å². The smallest absolute Gasteiger partial charge is 0.247 e. The number of thioether (sulfide) groups is 1. The van der Waals surface area contributed by atoms with Crippen LogP contribution in [0.1, 0.15) is 44.5 Å². The predicted octanol–water partition coefficient (Wildman–Crippen LogP) is 5.44. The van der Waals surface area contributed by atoms with Crippen LogP contribution in [0.4, 0.5) is 5.69 Å². The van der Waals surface area contributed by atoms with Crippen LogP contribution in [-0.4, -0.2) is 34.0 Å². The van der Waals surface area contributed by atoms with Gasteiger partial charge in [0.15, 0.2) is 5.69 Å². The number of ether oxygens (including phenoxy) is 2. The zero-order valence-corrected chi connectivity index (χ0v) is 20.3. The lowest BCUT2D eigenvalue weighted by atomic mass is 10.0. The number of anilines is 1. The number of methoxy groups -OCH3 is 1. The van der Waals surface area contributed by atoms with E-state index in [9.17, 15) is 4.79 Å². The maximum atomic E-state index is 12.9. The van der Waals surface area contributed by atoms with Crippen molar-refractivity contribution in [2.45, 2.75) is 45.5 Å². The molecule has 3 aromatic rings. The number of aromatic nitrogens is 3. The van der Waals surface area contributed by atoms with E-state index in [0.29, 0.717) is 28.3 Å². The van der Waals surface area contributed by atoms with Crippen LogP contribution in [0.15, 0.2) is 47.6 Å². The molecule has 8 heteroatoms. The molecule has 1 aromatic heterocycles. The van der Waals surface area contributed by atoms with Crippen LogP contribution in [0.3, 0.4) is 0 Å². The van der Waals surface area contributed by atoms with Crippen molar-refractivity contribution < 1.29 is 14.3 Å². The highest BCUT2D eigenvalue weighted by Crippen LogP contribution is 2.44. The molecule has 0 spiro atoms. The molecule has 0 bridgehead atoms. The molecule has 0 saturated carbocycles. The van der Waals surface area contributed by atoms with Gasteiger partial charge in [-0.2, -0.15) is 4.98 Å². The predicted molar refractivity (Wildman–Crippen MR) is 130 cm³/mol. The first-order chi connectivity index (χ1) is 15.9. The summed E-state index contributed by atoms with van der Waals surface area (Å²) in [6.07, 6.45) is 0.349. The van der Waals surface area contributed by atoms with E-state index in [-0.39, 0.29) is 5.91 Å². The molecule has 0 saturated heterocycles. The zero-order chi connectivity index (χ0) is 23.5. The largest absolute Gasteiger partial charge is 0.497 e. The van der Waals surface area contributed by atoms with E-state index >= 15 is 0 Å². The molecule has 0 fully saturated rings. The first-order valence-electron chi connectivity index (χ1n) is 11.0. The van der Waals surface area contributed by atoms with Gasteiger partial charge in [-0.3, -0.25) is 9.69 Å². The first-order valence-corrected chi connectivity index (χ1v) is 11.9. The van der Waals surface area contributed by atoms with Gasteiger partial charge >= 0.3 is 0 Å². The van der Waals surface area contributed by atoms with Gasteiger partial charge in [0.25, 0.3) is 0 Å². The number of aryl methyl sites for hydroxylation is 1. The molecule has 1 atom stereocenters. The van der Waals surface area contributed by atoms with Crippen LogP contribution in [0.25, 0.3) is 11.3 Å². The molecule has 1 aliphatic heterocycles. The summed E-state index contributed by atoms with van der Waals surface area (Å²) in [6.45, 7) is 7.91. The Morgan fingerprint density at radius 2 is 1.94 bits per heavy atom. The fraction of sp³-hybridized carbons (Fsp3) is 0.360. The topological polar surface area (TPSA) is 77.4 Å². The summed E-state index contributed by atoms with van der Waals surface area (Å²) >= 11 is 1.56. The summed E-state index contributed by atoms with van der Waals surface area (Å²) in [5.74, 6) is 2.45. The normalized spacial score (nSPS) is 14.8. The minimum absolute atomic E-state index is 0.145. The average Bonchev–Trinajstić information content (AvgIpc) is 2.93. The van der Waals surface area contributed by atoms with E-state index in [1.54, 1.807) is 23.8 Å². The molecular weight excluding hydrogens is 436 g/mol. The summed E-state index contributed by atoms with van der Waals surface area (Å²) < 4.78 is 11.7. The Labute approximate surface area is 198 Å². The highest BCUT2D eigenvalue weighted by atomic mass is 32.2. The fourth-order valence-corrected chi connectivity index (χ4v) is 4.67. The van der Waals surface area contributed by atoms with Crippen LogP contribution in [0, 0.1) is 12.8 Å². The van der Waals surface area contributed by atoms with Gasteiger partial charge in [-0.05, 0) is 55.7 Å². The second-order valence-electron chi connectivity index (χ2n) is 8.43. The van der Waals surface area contributed by atoms with Gasteiger partial charge in [0.2, 0.25) is 23.2 Å². The summed E-state index contributed by atoms with van der Waals surface area (Å²) in [7, 11) is 1.62. The van der Waals surface area contributed by atoms with Gasteiger partial charge in [0.1, 0.15) is 5.75 Å². The third kappa shape index (κ3) is 4.95. The maximum absolute atomic E-state index is 12.9. The molecule has 4 rings (SSSR count). The molecule has 1 unspecified atom stereocenters. The Kier molecular flexibility index (Phi) is 6.83. The highest BCUT2D eigenvalue weighted by Gasteiger charge is 2.34. The number of carbonyl (C=O) groups is 1. The van der Waals surface area contributed by atoms with Crippen LogP contribution in [0.5, 0.6) is 11.6 Å². The molecular formula is C25H28N4O3S. The van der Waals surface area contributed by atoms with Crippen LogP contribution in [-0.2, 0) is 4.79 Å². The number of amides is 1. The summed E-state index contributed by atoms with van der Waals surface area (Å²) in [5, 5.41) is 9.41. The maximum Gasteiger partial charge on any atom is 0.247 e. The number of carbonyl (C=O) groups excluding carboxylic acids is 1. The lowest BCUT2D eigenvalue weighted by molar-refractivity contribution is -0.118. The van der Waals surface area contributed by atoms with Crippen molar-refractivity contribution in [2.75, 3.05) is 17.8 Å². The molecule has 2 heterocycles. The number of rotatable bonds is 6. The SMILES string of the molecule is COc1ccc(C2Oc3nc(SCCC(C)C)nnc3-c3cc(C)ccc3N2C(C)=O)cc1. The van der Waals surface area contributed by atoms with E-state index in [2.05, 4.69) is 24.0 Å². The second-order valence-corrected chi connectivity index (χ2v) is 9.49. The van der Waals surface area contributed by atoms with Gasteiger partial charge < -0.3 is 9.47 Å². The molecule has 1 amide bonds. The monoisotopic (exact) mass is 464 g/mol. The van der Waals surface area contributed by atoms with Crippen molar-refractivity contribution in [3.05, 3.63) is 53.6 Å². The summed E-state index contributed by atoms with van der Waals surface area (Å²) in [5.41, 5.74) is 3.87. The third-order valence-electron chi connectivity index (χ3n) is 5.43. The van der Waals surface area contributed by atoms with Gasteiger partial charge in [-0.1, -0.05) is 37.2 Å². The lowest BCUT2D eigenvalue weighted by Gasteiger charge is -2.30. The van der Waals surface area contributed by atoms with Gasteiger partial charge in [-0.25, -0.2) is 0 Å². The van der Waals surface area contributed by atoms with E-state index in [0.717, 1.165) is 34.6 Å². The molecule has 0 N–H and O–H groups in total. The standard InChI is InChI=1S/C25H28N4O3S/c1-15(2)12-13-33-25-26-23-22(27-28-25)20-14-16(3)6-11-21(20)29(17(4)30)24(32-23)18-7-9-19(31-5)10-8-18/h6-11,14-15,24H,12-13H2,1-5H3. The Hall–Kier alpha value is -3.13. The van der Waals surface area contributed by atoms with Gasteiger partial charge in [0.05, 0.1) is 12.8 Å². The number of benzene rings is 2. The minimum Gasteiger partial charge on any atom is -0.497 e. The number of hydrogen-bond donors (Lipinski definition) is 0. The van der Waals surface area contributed by atoms with Crippen molar-refractivity contribution in [3.8, 4) is 22.9 Å². The molecule has 0 radical (unpaired) electrons. The number of fused-ring (bicyclic) bond motifs is 3. The Morgan fingerprint density at radius 3 is 2.61 bits per heavy atom. The first kappa shape index (κ1) is 23.0. The van der Waals surface area contributed by atoms with E-state index in [1.807, 2.05) is 49.4 Å². The fourth-order valence-electron chi connectivity index (χ4n) is 3.65. The average molecular weight is 465 g/mol. The van der Waals surface area contributed by atoms with Crippen molar-refractivity contribution in [3.63, 3.8) is 0 Å². The molecule has 0 aliphatic carbocycles. The van der Waals surface area contributed by atoms with Crippen molar-refractivity contribution in [2.24, 2.45) is 5.92 Å². The van der Waals surface area contributed by atoms with Crippen molar-refractivity contribution in [1.29, 1.82) is 0 Å². The molecule has 1 aliphatic rings. The number of hydrogen-bond acceptors (Lipinski definition) is 7. The van der Waals surface area contributed by atoms with Crippen molar-refractivity contribution in [1.82, 2.24) is 15.2 Å². The summed E-state index contributed by atoms with van der Waals surface area (Å²) in [4.78, 5) is 19.2.